The number of carbonyl (C=O) groups is 1. The smallest absolute Gasteiger partial charge is 0.274 e. The zero-order valence-corrected chi connectivity index (χ0v) is 11.6. The highest BCUT2D eigenvalue weighted by atomic mass is 32.1. The third kappa shape index (κ3) is 2.74. The second-order valence-corrected chi connectivity index (χ2v) is 5.55. The van der Waals surface area contributed by atoms with Gasteiger partial charge in [0.05, 0.1) is 17.6 Å². The van der Waals surface area contributed by atoms with E-state index in [-0.39, 0.29) is 5.91 Å². The first kappa shape index (κ1) is 12.9. The molecule has 2 heterocycles. The molecular weight excluding hydrogens is 272 g/mol. The summed E-state index contributed by atoms with van der Waals surface area (Å²) in [5, 5.41) is 3.37. The van der Waals surface area contributed by atoms with E-state index in [1.54, 1.807) is 6.20 Å². The molecule has 1 saturated carbocycles. The first-order chi connectivity index (χ1) is 9.78. The number of carbonyl (C=O) groups excluding carboxylic acids is 1. The normalized spacial score (nSPS) is 13.7. The molecule has 6 heteroatoms. The lowest BCUT2D eigenvalue weighted by atomic mass is 10.4. The van der Waals surface area contributed by atoms with Crippen LogP contribution in [0.5, 0.6) is 0 Å². The first-order valence-electron chi connectivity index (χ1n) is 6.41. The van der Waals surface area contributed by atoms with Gasteiger partial charge in [-0.3, -0.25) is 10.1 Å². The number of anilines is 1. The van der Waals surface area contributed by atoms with Gasteiger partial charge in [0.1, 0.15) is 5.69 Å². The lowest BCUT2D eigenvalue weighted by Gasteiger charge is -2.06. The molecule has 20 heavy (non-hydrogen) atoms. The molecule has 3 N–H and O–H groups in total. The van der Waals surface area contributed by atoms with Gasteiger partial charge in [-0.2, -0.15) is 0 Å². The van der Waals surface area contributed by atoms with E-state index < -0.39 is 0 Å². The van der Waals surface area contributed by atoms with Gasteiger partial charge in [0.2, 0.25) is 0 Å². The van der Waals surface area contributed by atoms with E-state index in [1.165, 1.54) is 11.3 Å². The van der Waals surface area contributed by atoms with Crippen molar-refractivity contribution in [3.05, 3.63) is 35.1 Å². The molecule has 102 valence electrons. The molecule has 1 aliphatic rings. The van der Waals surface area contributed by atoms with Crippen LogP contribution in [0.2, 0.25) is 0 Å². The molecule has 2 aromatic heterocycles. The fourth-order valence-electron chi connectivity index (χ4n) is 1.95. The lowest BCUT2D eigenvalue weighted by Crippen LogP contribution is -2.16. The third-order valence-electron chi connectivity index (χ3n) is 2.99. The van der Waals surface area contributed by atoms with Gasteiger partial charge in [-0.15, -0.1) is 0 Å². The van der Waals surface area contributed by atoms with Gasteiger partial charge in [0, 0.05) is 12.2 Å². The summed E-state index contributed by atoms with van der Waals surface area (Å²) < 4.78 is 2.03. The minimum absolute atomic E-state index is 0.130. The molecule has 2 aromatic rings. The van der Waals surface area contributed by atoms with Crippen LogP contribution < -0.4 is 11.1 Å². The van der Waals surface area contributed by atoms with Crippen molar-refractivity contribution in [1.82, 2.24) is 9.55 Å². The van der Waals surface area contributed by atoms with Crippen LogP contribution in [0.15, 0.2) is 24.5 Å². The summed E-state index contributed by atoms with van der Waals surface area (Å²) in [6.45, 7) is 0.314. The van der Waals surface area contributed by atoms with Crippen molar-refractivity contribution < 1.29 is 4.79 Å². The Balaban J connectivity index is 1.72. The molecule has 3 rings (SSSR count). The maximum absolute atomic E-state index is 12.2. The Labute approximate surface area is 120 Å². The molecule has 1 amide bonds. The monoisotopic (exact) mass is 286 g/mol. The van der Waals surface area contributed by atoms with Gasteiger partial charge in [-0.1, -0.05) is 23.2 Å². The van der Waals surface area contributed by atoms with E-state index in [9.17, 15) is 4.79 Å². The van der Waals surface area contributed by atoms with Crippen LogP contribution in [-0.4, -0.2) is 22.0 Å². The minimum atomic E-state index is -0.130. The molecule has 0 spiro atoms. The molecule has 0 unspecified atom stereocenters. The predicted molar refractivity (Wildman–Crippen MR) is 78.7 cm³/mol. The van der Waals surface area contributed by atoms with Gasteiger partial charge >= 0.3 is 0 Å². The van der Waals surface area contributed by atoms with Crippen molar-refractivity contribution in [1.29, 1.82) is 0 Å². The molecule has 0 bridgehead atoms. The van der Waals surface area contributed by atoms with E-state index >= 15 is 0 Å². The van der Waals surface area contributed by atoms with Gasteiger partial charge in [0.15, 0.2) is 5.13 Å². The van der Waals surface area contributed by atoms with Crippen LogP contribution in [0.4, 0.5) is 5.13 Å². The lowest BCUT2D eigenvalue weighted by molar-refractivity contribution is 0.101. The predicted octanol–water partition coefficient (Wildman–Crippen LogP) is 1.84. The van der Waals surface area contributed by atoms with Crippen LogP contribution >= 0.6 is 11.3 Å². The quantitative estimate of drug-likeness (QED) is 0.846. The zero-order chi connectivity index (χ0) is 13.9. The Kier molecular flexibility index (Phi) is 3.54. The number of nitrogens with two attached hydrogens (primary N) is 1. The van der Waals surface area contributed by atoms with E-state index in [0.29, 0.717) is 23.4 Å². The Morgan fingerprint density at radius 3 is 3.20 bits per heavy atom. The fourth-order valence-corrected chi connectivity index (χ4v) is 2.63. The average Bonchev–Trinajstić information content (AvgIpc) is 3.01. The zero-order valence-electron chi connectivity index (χ0n) is 10.8. The SMILES string of the molecule is NCC#Cc1cnc(NC(=O)c2cccn2C2CC2)s1. The van der Waals surface area contributed by atoms with E-state index in [4.69, 9.17) is 5.73 Å². The topological polar surface area (TPSA) is 72.9 Å². The number of rotatable bonds is 3. The molecule has 0 aromatic carbocycles. The standard InChI is InChI=1S/C14H14N4OS/c15-7-1-3-11-9-16-14(20-11)17-13(19)12-4-2-8-18(12)10-5-6-10/h2,4,8-10H,5-7,15H2,(H,16,17,19). The number of thiazole rings is 1. The minimum Gasteiger partial charge on any atom is -0.340 e. The number of aromatic nitrogens is 2. The van der Waals surface area contributed by atoms with Crippen LogP contribution in [0, 0.1) is 11.8 Å². The summed E-state index contributed by atoms with van der Waals surface area (Å²) in [4.78, 5) is 17.2. The number of nitrogens with one attached hydrogen (secondary N) is 1. The maximum atomic E-state index is 12.2. The summed E-state index contributed by atoms with van der Waals surface area (Å²) >= 11 is 1.35. The molecule has 0 atom stereocenters. The highest BCUT2D eigenvalue weighted by Crippen LogP contribution is 2.36. The van der Waals surface area contributed by atoms with Crippen LogP contribution in [0.3, 0.4) is 0 Å². The molecular formula is C14H14N4OS. The molecule has 5 nitrogen and oxygen atoms in total. The molecule has 1 fully saturated rings. The summed E-state index contributed by atoms with van der Waals surface area (Å²) in [6.07, 6.45) is 5.88. The first-order valence-corrected chi connectivity index (χ1v) is 7.22. The number of hydrogen-bond donors (Lipinski definition) is 2. The number of amides is 1. The van der Waals surface area contributed by atoms with Gasteiger partial charge in [0.25, 0.3) is 5.91 Å². The fraction of sp³-hybridized carbons (Fsp3) is 0.286. The van der Waals surface area contributed by atoms with Gasteiger partial charge in [-0.05, 0) is 25.0 Å². The van der Waals surface area contributed by atoms with Crippen molar-refractivity contribution in [3.63, 3.8) is 0 Å². The van der Waals surface area contributed by atoms with Crippen molar-refractivity contribution in [3.8, 4) is 11.8 Å². The number of hydrogen-bond acceptors (Lipinski definition) is 4. The summed E-state index contributed by atoms with van der Waals surface area (Å²) in [5.41, 5.74) is 6.00. The van der Waals surface area contributed by atoms with E-state index in [0.717, 1.165) is 17.7 Å². The third-order valence-corrected chi connectivity index (χ3v) is 3.82. The highest BCUT2D eigenvalue weighted by Gasteiger charge is 2.26. The second kappa shape index (κ2) is 5.49. The molecule has 0 saturated heterocycles. The van der Waals surface area contributed by atoms with Crippen molar-refractivity contribution >= 4 is 22.4 Å². The number of nitrogens with zero attached hydrogens (tertiary/aromatic N) is 2. The molecule has 1 aliphatic carbocycles. The Morgan fingerprint density at radius 2 is 2.45 bits per heavy atom. The Morgan fingerprint density at radius 1 is 1.60 bits per heavy atom. The van der Waals surface area contributed by atoms with Gasteiger partial charge < -0.3 is 10.3 Å². The van der Waals surface area contributed by atoms with Crippen LogP contribution in [-0.2, 0) is 0 Å². The van der Waals surface area contributed by atoms with Gasteiger partial charge in [-0.25, -0.2) is 4.98 Å². The largest absolute Gasteiger partial charge is 0.340 e. The summed E-state index contributed by atoms with van der Waals surface area (Å²) in [7, 11) is 0. The van der Waals surface area contributed by atoms with Crippen LogP contribution in [0.1, 0.15) is 34.2 Å². The van der Waals surface area contributed by atoms with E-state index in [1.807, 2.05) is 22.9 Å². The van der Waals surface area contributed by atoms with Crippen molar-refractivity contribution in [2.75, 3.05) is 11.9 Å². The molecule has 0 aliphatic heterocycles. The van der Waals surface area contributed by atoms with Crippen molar-refractivity contribution in [2.45, 2.75) is 18.9 Å². The van der Waals surface area contributed by atoms with Crippen molar-refractivity contribution in [2.24, 2.45) is 5.73 Å². The second-order valence-electron chi connectivity index (χ2n) is 4.52. The summed E-state index contributed by atoms with van der Waals surface area (Å²) in [6, 6.07) is 4.21. The van der Waals surface area contributed by atoms with E-state index in [2.05, 4.69) is 22.1 Å². The van der Waals surface area contributed by atoms with Crippen LogP contribution in [0.25, 0.3) is 0 Å². The Bertz CT molecular complexity index is 687. The Hall–Kier alpha value is -2.10. The highest BCUT2D eigenvalue weighted by molar-refractivity contribution is 7.16. The maximum Gasteiger partial charge on any atom is 0.274 e. The molecule has 0 radical (unpaired) electrons. The summed E-state index contributed by atoms with van der Waals surface area (Å²) in [5.74, 6) is 5.53. The average molecular weight is 286 g/mol.